The van der Waals surface area contributed by atoms with Crippen molar-refractivity contribution >= 4 is 23.2 Å². The summed E-state index contributed by atoms with van der Waals surface area (Å²) in [5, 5.41) is 2.03. The molecule has 0 saturated carbocycles. The van der Waals surface area contributed by atoms with Gasteiger partial charge in [0.2, 0.25) is 12.7 Å². The lowest BCUT2D eigenvalue weighted by Crippen LogP contribution is -2.43. The Hall–Kier alpha value is -3.56. The van der Waals surface area contributed by atoms with Gasteiger partial charge >= 0.3 is 0 Å². The maximum Gasteiger partial charge on any atom is 0.254 e. The van der Waals surface area contributed by atoms with Crippen LogP contribution in [-0.2, 0) is 22.6 Å². The smallest absolute Gasteiger partial charge is 0.254 e. The first-order valence-corrected chi connectivity index (χ1v) is 13.0. The van der Waals surface area contributed by atoms with E-state index in [4.69, 9.17) is 18.9 Å². The molecule has 0 atom stereocenters. The summed E-state index contributed by atoms with van der Waals surface area (Å²) in [7, 11) is 3.20. The molecule has 1 aliphatic heterocycles. The van der Waals surface area contributed by atoms with Crippen LogP contribution in [0.1, 0.15) is 32.8 Å². The molecule has 0 unspecified atom stereocenters. The average molecular weight is 525 g/mol. The molecule has 0 radical (unpaired) electrons. The van der Waals surface area contributed by atoms with Gasteiger partial charge in [0.15, 0.2) is 11.5 Å². The van der Waals surface area contributed by atoms with Crippen LogP contribution < -0.4 is 14.2 Å². The van der Waals surface area contributed by atoms with Gasteiger partial charge in [-0.3, -0.25) is 9.59 Å². The number of carbonyl (C=O) groups excluding carboxylic acids is 2. The maximum atomic E-state index is 13.7. The van der Waals surface area contributed by atoms with E-state index in [2.05, 4.69) is 0 Å². The van der Waals surface area contributed by atoms with Crippen LogP contribution >= 0.6 is 11.3 Å². The molecular weight excluding hydrogens is 492 g/mol. The van der Waals surface area contributed by atoms with Crippen LogP contribution in [0.4, 0.5) is 0 Å². The molecule has 0 saturated heterocycles. The predicted molar refractivity (Wildman–Crippen MR) is 141 cm³/mol. The van der Waals surface area contributed by atoms with Crippen molar-refractivity contribution in [1.29, 1.82) is 0 Å². The number of carbonyl (C=O) groups is 2. The molecule has 0 bridgehead atoms. The number of fused-ring (bicyclic) bond motifs is 1. The number of rotatable bonds is 12. The van der Waals surface area contributed by atoms with Crippen LogP contribution in [-0.4, -0.2) is 62.3 Å². The molecule has 0 N–H and O–H groups in total. The van der Waals surface area contributed by atoms with Gasteiger partial charge in [0.05, 0.1) is 13.7 Å². The Morgan fingerprint density at radius 1 is 0.973 bits per heavy atom. The van der Waals surface area contributed by atoms with Crippen molar-refractivity contribution in [3.8, 4) is 17.2 Å². The van der Waals surface area contributed by atoms with E-state index in [0.717, 1.165) is 16.0 Å². The Morgan fingerprint density at radius 3 is 2.46 bits per heavy atom. The number of ether oxygens (including phenoxy) is 4. The van der Waals surface area contributed by atoms with Crippen molar-refractivity contribution < 1.29 is 28.5 Å². The molecule has 4 rings (SSSR count). The number of aryl methyl sites for hydroxylation is 1. The minimum absolute atomic E-state index is 0.0381. The van der Waals surface area contributed by atoms with Gasteiger partial charge in [-0.25, -0.2) is 0 Å². The molecule has 1 aromatic heterocycles. The quantitative estimate of drug-likeness (QED) is 0.325. The van der Waals surface area contributed by atoms with E-state index in [9.17, 15) is 9.59 Å². The lowest BCUT2D eigenvalue weighted by Gasteiger charge is -2.28. The normalized spacial score (nSPS) is 11.9. The Labute approximate surface area is 221 Å². The van der Waals surface area contributed by atoms with E-state index in [-0.39, 0.29) is 25.2 Å². The van der Waals surface area contributed by atoms with Gasteiger partial charge in [-0.1, -0.05) is 6.07 Å². The van der Waals surface area contributed by atoms with Gasteiger partial charge in [-0.05, 0) is 72.3 Å². The summed E-state index contributed by atoms with van der Waals surface area (Å²) in [4.78, 5) is 31.6. The molecule has 0 aliphatic carbocycles. The van der Waals surface area contributed by atoms with Crippen molar-refractivity contribution in [3.63, 3.8) is 0 Å². The zero-order chi connectivity index (χ0) is 26.2. The standard InChI is InChI=1S/C28H32N2O6S/c1-20-11-14-37-26(20)17-30(16-21-5-10-24-25(15-21)36-19-35-24)27(31)18-29(12-4-13-33-2)28(32)22-6-8-23(34-3)9-7-22/h5-11,14-15H,4,12-13,16-19H2,1-3H3. The zero-order valence-corrected chi connectivity index (χ0v) is 22.2. The maximum absolute atomic E-state index is 13.7. The molecule has 8 nitrogen and oxygen atoms in total. The first-order valence-electron chi connectivity index (χ1n) is 12.1. The second-order valence-corrected chi connectivity index (χ2v) is 9.77. The SMILES string of the molecule is COCCCN(CC(=O)N(Cc1ccc2c(c1)OCO2)Cc1sccc1C)C(=O)c1ccc(OC)cc1. The summed E-state index contributed by atoms with van der Waals surface area (Å²) < 4.78 is 21.4. The van der Waals surface area contributed by atoms with Gasteiger partial charge in [-0.15, -0.1) is 11.3 Å². The zero-order valence-electron chi connectivity index (χ0n) is 21.4. The fourth-order valence-electron chi connectivity index (χ4n) is 4.06. The molecule has 196 valence electrons. The molecule has 1 aliphatic rings. The lowest BCUT2D eigenvalue weighted by molar-refractivity contribution is -0.133. The Bertz CT molecular complexity index is 1210. The molecule has 0 spiro atoms. The number of hydrogen-bond donors (Lipinski definition) is 0. The molecule has 0 fully saturated rings. The minimum atomic E-state index is -0.206. The fourth-order valence-corrected chi connectivity index (χ4v) is 4.98. The van der Waals surface area contributed by atoms with Gasteiger partial charge in [0, 0.05) is 37.2 Å². The number of methoxy groups -OCH3 is 2. The second kappa shape index (κ2) is 12.6. The molecule has 37 heavy (non-hydrogen) atoms. The monoisotopic (exact) mass is 524 g/mol. The highest BCUT2D eigenvalue weighted by atomic mass is 32.1. The highest BCUT2D eigenvalue weighted by Gasteiger charge is 2.24. The van der Waals surface area contributed by atoms with Crippen molar-refractivity contribution in [3.05, 3.63) is 75.5 Å². The summed E-state index contributed by atoms with van der Waals surface area (Å²) in [6, 6.07) is 14.7. The van der Waals surface area contributed by atoms with Crippen LogP contribution in [0.25, 0.3) is 0 Å². The first-order chi connectivity index (χ1) is 18.0. The van der Waals surface area contributed by atoms with Crippen molar-refractivity contribution in [1.82, 2.24) is 9.80 Å². The van der Waals surface area contributed by atoms with Gasteiger partial charge in [-0.2, -0.15) is 0 Å². The summed E-state index contributed by atoms with van der Waals surface area (Å²) in [5.41, 5.74) is 2.57. The van der Waals surface area contributed by atoms with Crippen LogP contribution in [0, 0.1) is 6.92 Å². The molecular formula is C28H32N2O6S. The van der Waals surface area contributed by atoms with E-state index < -0.39 is 0 Å². The third-order valence-corrected chi connectivity index (χ3v) is 7.20. The van der Waals surface area contributed by atoms with Crippen LogP contribution in [0.5, 0.6) is 17.2 Å². The third-order valence-electron chi connectivity index (χ3n) is 6.19. The summed E-state index contributed by atoms with van der Waals surface area (Å²) in [6.07, 6.45) is 0.623. The Balaban J connectivity index is 1.54. The summed E-state index contributed by atoms with van der Waals surface area (Å²) in [5.74, 6) is 1.70. The Morgan fingerprint density at radius 2 is 1.76 bits per heavy atom. The van der Waals surface area contributed by atoms with E-state index in [0.29, 0.717) is 55.5 Å². The second-order valence-electron chi connectivity index (χ2n) is 8.77. The summed E-state index contributed by atoms with van der Waals surface area (Å²) in [6.45, 7) is 3.94. The highest BCUT2D eigenvalue weighted by Crippen LogP contribution is 2.33. The van der Waals surface area contributed by atoms with Gasteiger partial charge in [0.1, 0.15) is 12.3 Å². The van der Waals surface area contributed by atoms with E-state index >= 15 is 0 Å². The minimum Gasteiger partial charge on any atom is -0.497 e. The largest absolute Gasteiger partial charge is 0.497 e. The topological polar surface area (TPSA) is 77.5 Å². The van der Waals surface area contributed by atoms with Crippen molar-refractivity contribution in [2.45, 2.75) is 26.4 Å². The first kappa shape index (κ1) is 26.5. The molecule has 3 aromatic rings. The Kier molecular flexibility index (Phi) is 9.03. The number of benzene rings is 2. The lowest BCUT2D eigenvalue weighted by atomic mass is 10.1. The molecule has 2 aromatic carbocycles. The van der Waals surface area contributed by atoms with E-state index in [1.807, 2.05) is 36.6 Å². The van der Waals surface area contributed by atoms with Crippen LogP contribution in [0.3, 0.4) is 0 Å². The molecule has 9 heteroatoms. The number of thiophene rings is 1. The molecule has 2 heterocycles. The average Bonchev–Trinajstić information content (AvgIpc) is 3.55. The number of nitrogens with zero attached hydrogens (tertiary/aromatic N) is 2. The third kappa shape index (κ3) is 6.81. The van der Waals surface area contributed by atoms with E-state index in [1.165, 1.54) is 0 Å². The highest BCUT2D eigenvalue weighted by molar-refractivity contribution is 7.10. The number of amides is 2. The predicted octanol–water partition coefficient (Wildman–Crippen LogP) is 4.50. The van der Waals surface area contributed by atoms with Crippen molar-refractivity contribution in [2.75, 3.05) is 40.7 Å². The van der Waals surface area contributed by atoms with Crippen LogP contribution in [0.15, 0.2) is 53.9 Å². The number of hydrogen-bond acceptors (Lipinski definition) is 7. The van der Waals surface area contributed by atoms with Gasteiger partial charge < -0.3 is 28.7 Å². The molecule has 2 amide bonds. The fraction of sp³-hybridized carbons (Fsp3) is 0.357. The van der Waals surface area contributed by atoms with E-state index in [1.54, 1.807) is 59.6 Å². The van der Waals surface area contributed by atoms with Crippen molar-refractivity contribution in [2.24, 2.45) is 0 Å². The van der Waals surface area contributed by atoms with Crippen LogP contribution in [0.2, 0.25) is 0 Å². The summed E-state index contributed by atoms with van der Waals surface area (Å²) >= 11 is 1.62. The van der Waals surface area contributed by atoms with Gasteiger partial charge in [0.25, 0.3) is 5.91 Å².